The number of aromatic nitrogens is 2. The van der Waals surface area contributed by atoms with E-state index in [2.05, 4.69) is 6.58 Å². The number of methoxy groups -OCH3 is 1. The molecule has 2 heterocycles. The first kappa shape index (κ1) is 18.8. The van der Waals surface area contributed by atoms with Crippen LogP contribution in [0.15, 0.2) is 36.9 Å². The van der Waals surface area contributed by atoms with Gasteiger partial charge in [0.25, 0.3) is 0 Å². The molecule has 3 rings (SSSR count). The van der Waals surface area contributed by atoms with Gasteiger partial charge < -0.3 is 14.7 Å². The lowest BCUT2D eigenvalue weighted by Crippen LogP contribution is -2.28. The minimum Gasteiger partial charge on any atom is -0.497 e. The number of carbonyl (C=O) groups excluding carboxylic acids is 1. The van der Waals surface area contributed by atoms with Crippen LogP contribution in [0.4, 0.5) is 5.69 Å². The fourth-order valence-electron chi connectivity index (χ4n) is 3.34. The Balaban J connectivity index is 2.45. The van der Waals surface area contributed by atoms with Crippen molar-refractivity contribution in [2.45, 2.75) is 33.2 Å². The Morgan fingerprint density at radius 3 is 2.63 bits per heavy atom. The highest BCUT2D eigenvalue weighted by atomic mass is 16.5. The molecule has 0 unspecified atom stereocenters. The van der Waals surface area contributed by atoms with Crippen LogP contribution in [-0.4, -0.2) is 34.2 Å². The van der Waals surface area contributed by atoms with Gasteiger partial charge in [-0.2, -0.15) is 0 Å². The van der Waals surface area contributed by atoms with Crippen molar-refractivity contribution in [3.63, 3.8) is 0 Å². The van der Waals surface area contributed by atoms with Crippen LogP contribution in [-0.2, 0) is 10.3 Å². The molecular formula is C21H25N3O3. The first-order valence-corrected chi connectivity index (χ1v) is 8.80. The maximum atomic E-state index is 12.3. The van der Waals surface area contributed by atoms with E-state index >= 15 is 0 Å². The van der Waals surface area contributed by atoms with Crippen molar-refractivity contribution in [2.75, 3.05) is 18.6 Å². The van der Waals surface area contributed by atoms with Gasteiger partial charge >= 0.3 is 0 Å². The molecule has 3 aromatic rings. The number of nitrogens with zero attached hydrogens (tertiary/aromatic N) is 3. The van der Waals surface area contributed by atoms with Gasteiger partial charge in [-0.25, -0.2) is 4.98 Å². The third kappa shape index (κ3) is 3.12. The number of carbonyl (C=O) groups is 1. The lowest BCUT2D eigenvalue weighted by Gasteiger charge is -2.24. The largest absolute Gasteiger partial charge is 0.497 e. The smallest absolute Gasteiger partial charge is 0.224 e. The molecule has 1 aromatic carbocycles. The molecule has 0 saturated carbocycles. The Hall–Kier alpha value is -3.02. The first-order valence-electron chi connectivity index (χ1n) is 8.80. The van der Waals surface area contributed by atoms with E-state index in [1.807, 2.05) is 45.0 Å². The number of aromatic hydroxyl groups is 1. The van der Waals surface area contributed by atoms with E-state index in [1.165, 1.54) is 11.8 Å². The summed E-state index contributed by atoms with van der Waals surface area (Å²) in [5.41, 5.74) is 1.40. The molecule has 1 N–H and O–H groups in total. The molecule has 27 heavy (non-hydrogen) atoms. The zero-order valence-electron chi connectivity index (χ0n) is 16.4. The summed E-state index contributed by atoms with van der Waals surface area (Å²) in [7, 11) is 1.61. The van der Waals surface area contributed by atoms with Gasteiger partial charge in [-0.05, 0) is 39.0 Å². The Morgan fingerprint density at radius 2 is 2.07 bits per heavy atom. The molecule has 0 fully saturated rings. The Morgan fingerprint density at radius 1 is 1.37 bits per heavy atom. The highest BCUT2D eigenvalue weighted by Gasteiger charge is 2.29. The fraction of sp³-hybridized carbons (Fsp3) is 0.333. The minimum absolute atomic E-state index is 0.0179. The molecule has 0 spiro atoms. The zero-order valence-corrected chi connectivity index (χ0v) is 16.4. The molecule has 0 saturated heterocycles. The molecule has 0 aliphatic carbocycles. The van der Waals surface area contributed by atoms with E-state index in [0.717, 1.165) is 16.3 Å². The van der Waals surface area contributed by atoms with Gasteiger partial charge in [0.2, 0.25) is 11.8 Å². The lowest BCUT2D eigenvalue weighted by molar-refractivity contribution is -0.116. The second kappa shape index (κ2) is 6.61. The normalized spacial score (nSPS) is 11.7. The van der Waals surface area contributed by atoms with Crippen LogP contribution in [0.2, 0.25) is 0 Å². The number of amides is 1. The topological polar surface area (TPSA) is 67.6 Å². The van der Waals surface area contributed by atoms with Gasteiger partial charge in [0.1, 0.15) is 17.1 Å². The molecule has 0 radical (unpaired) electrons. The number of ether oxygens (including phenoxy) is 1. The monoisotopic (exact) mass is 367 g/mol. The van der Waals surface area contributed by atoms with Crippen LogP contribution < -0.4 is 9.64 Å². The molecule has 0 atom stereocenters. The van der Waals surface area contributed by atoms with Crippen molar-refractivity contribution >= 4 is 33.5 Å². The summed E-state index contributed by atoms with van der Waals surface area (Å²) in [6.07, 6.45) is 1.64. The second-order valence-corrected chi connectivity index (χ2v) is 7.51. The average Bonchev–Trinajstić information content (AvgIpc) is 2.87. The molecule has 2 aromatic heterocycles. The van der Waals surface area contributed by atoms with Gasteiger partial charge in [-0.15, -0.1) is 6.58 Å². The summed E-state index contributed by atoms with van der Waals surface area (Å²) in [5.74, 6) is 0.557. The molecule has 6 nitrogen and oxygen atoms in total. The molecule has 142 valence electrons. The summed E-state index contributed by atoms with van der Waals surface area (Å²) in [6, 6.07) is 7.59. The van der Waals surface area contributed by atoms with E-state index < -0.39 is 5.54 Å². The van der Waals surface area contributed by atoms with E-state index in [-0.39, 0.29) is 11.8 Å². The van der Waals surface area contributed by atoms with Crippen LogP contribution in [0.3, 0.4) is 0 Å². The second-order valence-electron chi connectivity index (χ2n) is 7.51. The zero-order chi connectivity index (χ0) is 19.9. The summed E-state index contributed by atoms with van der Waals surface area (Å²) in [4.78, 5) is 18.6. The summed E-state index contributed by atoms with van der Waals surface area (Å²) < 4.78 is 7.06. The van der Waals surface area contributed by atoms with Crippen LogP contribution in [0, 0.1) is 0 Å². The highest BCUT2D eigenvalue weighted by molar-refractivity contribution is 6.08. The van der Waals surface area contributed by atoms with Gasteiger partial charge in [0, 0.05) is 35.8 Å². The predicted octanol–water partition coefficient (Wildman–Crippen LogP) is 4.20. The molecule has 0 aliphatic rings. The lowest BCUT2D eigenvalue weighted by atomic mass is 10.1. The Bertz CT molecular complexity index is 1040. The number of hydrogen-bond acceptors (Lipinski definition) is 4. The molecule has 0 bridgehead atoms. The van der Waals surface area contributed by atoms with Crippen molar-refractivity contribution in [3.05, 3.63) is 36.9 Å². The number of fused-ring (bicyclic) bond motifs is 2. The van der Waals surface area contributed by atoms with Crippen molar-refractivity contribution in [1.82, 2.24) is 9.55 Å². The van der Waals surface area contributed by atoms with Gasteiger partial charge in [0.15, 0.2) is 0 Å². The van der Waals surface area contributed by atoms with E-state index in [4.69, 9.17) is 9.72 Å². The van der Waals surface area contributed by atoms with E-state index in [1.54, 1.807) is 17.8 Å². The molecular weight excluding hydrogens is 342 g/mol. The van der Waals surface area contributed by atoms with Crippen molar-refractivity contribution in [3.8, 4) is 11.6 Å². The SMILES string of the molecule is C=CCN(C(C)=O)c1c(O)n(C(C)(C)C)c2nc3cc(OC)ccc3cc12. The van der Waals surface area contributed by atoms with Crippen molar-refractivity contribution in [2.24, 2.45) is 0 Å². The average molecular weight is 367 g/mol. The molecule has 1 amide bonds. The summed E-state index contributed by atoms with van der Waals surface area (Å²) in [5, 5.41) is 12.7. The molecule has 0 aliphatic heterocycles. The van der Waals surface area contributed by atoms with Crippen molar-refractivity contribution < 1.29 is 14.6 Å². The Kier molecular flexibility index (Phi) is 4.59. The van der Waals surface area contributed by atoms with Crippen molar-refractivity contribution in [1.29, 1.82) is 0 Å². The fourth-order valence-corrected chi connectivity index (χ4v) is 3.34. The van der Waals surface area contributed by atoms with Gasteiger partial charge in [-0.1, -0.05) is 6.08 Å². The first-order chi connectivity index (χ1) is 12.7. The Labute approximate surface area is 158 Å². The number of pyridine rings is 1. The highest BCUT2D eigenvalue weighted by Crippen LogP contribution is 2.43. The maximum Gasteiger partial charge on any atom is 0.224 e. The summed E-state index contributed by atoms with van der Waals surface area (Å²) in [6.45, 7) is 11.5. The van der Waals surface area contributed by atoms with Gasteiger partial charge in [-0.3, -0.25) is 9.36 Å². The van der Waals surface area contributed by atoms with Crippen LogP contribution in [0.5, 0.6) is 11.6 Å². The maximum absolute atomic E-state index is 12.3. The van der Waals surface area contributed by atoms with Crippen LogP contribution >= 0.6 is 0 Å². The standard InChI is InChI=1S/C21H25N3O3/c1-7-10-23(13(2)25)18-16-11-14-8-9-15(27-6)12-17(14)22-19(16)24(20(18)26)21(3,4)5/h7-9,11-12,26H,1,10H2,2-6H3. The third-order valence-corrected chi connectivity index (χ3v) is 4.53. The minimum atomic E-state index is -0.434. The number of anilines is 1. The number of rotatable bonds is 4. The molecule has 6 heteroatoms. The van der Waals surface area contributed by atoms with Crippen LogP contribution in [0.1, 0.15) is 27.7 Å². The van der Waals surface area contributed by atoms with E-state index in [0.29, 0.717) is 23.6 Å². The van der Waals surface area contributed by atoms with Gasteiger partial charge in [0.05, 0.1) is 12.6 Å². The predicted molar refractivity (Wildman–Crippen MR) is 109 cm³/mol. The third-order valence-electron chi connectivity index (χ3n) is 4.53. The number of benzene rings is 1. The van der Waals surface area contributed by atoms with E-state index in [9.17, 15) is 9.90 Å². The number of hydrogen-bond donors (Lipinski definition) is 1. The van der Waals surface area contributed by atoms with Crippen LogP contribution in [0.25, 0.3) is 21.9 Å². The quantitative estimate of drug-likeness (QED) is 0.702. The summed E-state index contributed by atoms with van der Waals surface area (Å²) >= 11 is 0.